The number of aromatic nitrogens is 2. The van der Waals surface area contributed by atoms with E-state index in [-0.39, 0.29) is 5.92 Å². The number of likely N-dealkylation sites (tertiary alicyclic amines) is 1. The van der Waals surface area contributed by atoms with Crippen molar-refractivity contribution in [2.24, 2.45) is 18.9 Å². The van der Waals surface area contributed by atoms with E-state index in [1.54, 1.807) is 0 Å². The maximum absolute atomic E-state index is 12.8. The van der Waals surface area contributed by atoms with Crippen molar-refractivity contribution in [2.45, 2.75) is 25.2 Å². The third-order valence-corrected chi connectivity index (χ3v) is 5.50. The van der Waals surface area contributed by atoms with E-state index in [4.69, 9.17) is 11.6 Å². The van der Waals surface area contributed by atoms with Crippen molar-refractivity contribution in [2.75, 3.05) is 13.1 Å². The van der Waals surface area contributed by atoms with Crippen LogP contribution in [0.2, 0.25) is 5.02 Å². The van der Waals surface area contributed by atoms with Gasteiger partial charge in [-0.3, -0.25) is 9.48 Å². The predicted octanol–water partition coefficient (Wildman–Crippen LogP) is 3.27. The Kier molecular flexibility index (Phi) is 4.09. The fraction of sp³-hybridized carbons (Fsp3) is 0.474. The molecule has 0 spiro atoms. The maximum Gasteiger partial charge on any atom is 0.226 e. The number of nitrogens with zero attached hydrogens (tertiary/aromatic N) is 3. The van der Waals surface area contributed by atoms with Crippen LogP contribution in [0, 0.1) is 11.8 Å². The minimum atomic E-state index is 0.153. The highest BCUT2D eigenvalue weighted by atomic mass is 35.5. The summed E-state index contributed by atoms with van der Waals surface area (Å²) < 4.78 is 1.84. The number of benzene rings is 1. The first-order valence-corrected chi connectivity index (χ1v) is 8.99. The van der Waals surface area contributed by atoms with Gasteiger partial charge in [-0.05, 0) is 54.4 Å². The van der Waals surface area contributed by atoms with E-state index in [9.17, 15) is 4.79 Å². The molecular formula is C19H22ClN3O. The van der Waals surface area contributed by atoms with Gasteiger partial charge in [-0.15, -0.1) is 0 Å². The number of amides is 1. The lowest BCUT2D eigenvalue weighted by molar-refractivity contribution is -0.131. The molecule has 3 atom stereocenters. The Morgan fingerprint density at radius 3 is 3.04 bits per heavy atom. The van der Waals surface area contributed by atoms with Crippen molar-refractivity contribution in [3.05, 3.63) is 52.8 Å². The first-order valence-electron chi connectivity index (χ1n) is 8.62. The topological polar surface area (TPSA) is 38.1 Å². The van der Waals surface area contributed by atoms with Crippen LogP contribution in [-0.2, 0) is 18.3 Å². The second kappa shape index (κ2) is 6.25. The Morgan fingerprint density at radius 2 is 2.29 bits per heavy atom. The summed E-state index contributed by atoms with van der Waals surface area (Å²) in [4.78, 5) is 14.8. The van der Waals surface area contributed by atoms with E-state index in [1.165, 1.54) is 11.1 Å². The van der Waals surface area contributed by atoms with Crippen molar-refractivity contribution >= 4 is 17.5 Å². The largest absolute Gasteiger partial charge is 0.342 e. The van der Waals surface area contributed by atoms with E-state index in [0.29, 0.717) is 17.7 Å². The molecule has 4 rings (SSSR count). The molecule has 0 unspecified atom stereocenters. The highest BCUT2D eigenvalue weighted by Crippen LogP contribution is 2.49. The number of carbonyl (C=O) groups excluding carboxylic acids is 1. The van der Waals surface area contributed by atoms with Crippen LogP contribution in [-0.4, -0.2) is 33.7 Å². The van der Waals surface area contributed by atoms with Crippen molar-refractivity contribution < 1.29 is 4.79 Å². The summed E-state index contributed by atoms with van der Waals surface area (Å²) in [6, 6.07) is 7.93. The molecule has 1 saturated heterocycles. The number of halogens is 1. The number of carbonyl (C=O) groups is 1. The number of aryl methyl sites for hydroxylation is 1. The summed E-state index contributed by atoms with van der Waals surface area (Å²) >= 11 is 6.07. The van der Waals surface area contributed by atoms with E-state index < -0.39 is 0 Å². The lowest BCUT2D eigenvalue weighted by atomic mass is 10.0. The van der Waals surface area contributed by atoms with Crippen LogP contribution in [0.3, 0.4) is 0 Å². The maximum atomic E-state index is 12.8. The minimum Gasteiger partial charge on any atom is -0.342 e. The normalized spacial score (nSPS) is 25.9. The van der Waals surface area contributed by atoms with Gasteiger partial charge in [0, 0.05) is 37.3 Å². The van der Waals surface area contributed by atoms with E-state index in [0.717, 1.165) is 37.4 Å². The molecule has 2 heterocycles. The van der Waals surface area contributed by atoms with Crippen molar-refractivity contribution in [3.8, 4) is 0 Å². The third-order valence-electron chi connectivity index (χ3n) is 5.26. The predicted molar refractivity (Wildman–Crippen MR) is 93.9 cm³/mol. The van der Waals surface area contributed by atoms with Gasteiger partial charge >= 0.3 is 0 Å². The van der Waals surface area contributed by atoms with Gasteiger partial charge in [0.1, 0.15) is 0 Å². The fourth-order valence-corrected chi connectivity index (χ4v) is 4.12. The van der Waals surface area contributed by atoms with Gasteiger partial charge in [0.25, 0.3) is 0 Å². The molecule has 2 aliphatic rings. The molecule has 2 aromatic rings. The Morgan fingerprint density at radius 1 is 1.42 bits per heavy atom. The molecule has 4 nitrogen and oxygen atoms in total. The van der Waals surface area contributed by atoms with Crippen molar-refractivity contribution in [1.29, 1.82) is 0 Å². The second-order valence-electron chi connectivity index (χ2n) is 7.17. The van der Waals surface area contributed by atoms with Gasteiger partial charge in [0.15, 0.2) is 0 Å². The minimum absolute atomic E-state index is 0.153. The SMILES string of the molecule is Cn1cc(C[C@@H]2CCN(C(=O)[C@H]3C[C@@H]3c3cccc(Cl)c3)C2)cn1. The van der Waals surface area contributed by atoms with Crippen LogP contribution < -0.4 is 0 Å². The quantitative estimate of drug-likeness (QED) is 0.854. The molecule has 1 amide bonds. The summed E-state index contributed by atoms with van der Waals surface area (Å²) in [6.45, 7) is 1.77. The van der Waals surface area contributed by atoms with Gasteiger partial charge in [-0.25, -0.2) is 0 Å². The molecule has 1 aromatic carbocycles. The first-order chi connectivity index (χ1) is 11.6. The standard InChI is InChI=1S/C19H22ClN3O/c1-22-11-14(10-21-22)7-13-5-6-23(12-13)19(24)18-9-17(18)15-3-2-4-16(20)8-15/h2-4,8,10-11,13,17-18H,5-7,9,12H2,1H3/t13-,17+,18-/m0/s1. The van der Waals surface area contributed by atoms with Crippen LogP contribution >= 0.6 is 11.6 Å². The molecule has 2 fully saturated rings. The van der Waals surface area contributed by atoms with E-state index in [1.807, 2.05) is 36.1 Å². The van der Waals surface area contributed by atoms with Crippen LogP contribution in [0.1, 0.15) is 29.9 Å². The van der Waals surface area contributed by atoms with Crippen LogP contribution in [0.4, 0.5) is 0 Å². The smallest absolute Gasteiger partial charge is 0.226 e. The summed E-state index contributed by atoms with van der Waals surface area (Å²) in [5.74, 6) is 1.39. The molecule has 24 heavy (non-hydrogen) atoms. The zero-order valence-electron chi connectivity index (χ0n) is 13.9. The van der Waals surface area contributed by atoms with Gasteiger partial charge in [0.05, 0.1) is 6.20 Å². The average molecular weight is 344 g/mol. The summed E-state index contributed by atoms with van der Waals surface area (Å²) in [5.41, 5.74) is 2.46. The first kappa shape index (κ1) is 15.7. The highest BCUT2D eigenvalue weighted by Gasteiger charge is 2.46. The molecule has 0 N–H and O–H groups in total. The summed E-state index contributed by atoms with van der Waals surface area (Å²) in [6.07, 6.45) is 7.07. The lowest BCUT2D eigenvalue weighted by Crippen LogP contribution is -2.30. The third kappa shape index (κ3) is 3.20. The van der Waals surface area contributed by atoms with E-state index >= 15 is 0 Å². The number of hydrogen-bond acceptors (Lipinski definition) is 2. The molecular weight excluding hydrogens is 322 g/mol. The van der Waals surface area contributed by atoms with Crippen LogP contribution in [0.25, 0.3) is 0 Å². The molecule has 126 valence electrons. The molecule has 5 heteroatoms. The van der Waals surface area contributed by atoms with Crippen molar-refractivity contribution in [3.63, 3.8) is 0 Å². The Hall–Kier alpha value is -1.81. The molecule has 0 radical (unpaired) electrons. The Balaban J connectivity index is 1.33. The average Bonchev–Trinajstić information content (AvgIpc) is 3.06. The zero-order chi connectivity index (χ0) is 16.7. The lowest BCUT2D eigenvalue weighted by Gasteiger charge is -2.16. The van der Waals surface area contributed by atoms with E-state index in [2.05, 4.69) is 22.3 Å². The second-order valence-corrected chi connectivity index (χ2v) is 7.61. The van der Waals surface area contributed by atoms with Gasteiger partial charge in [-0.2, -0.15) is 5.10 Å². The van der Waals surface area contributed by atoms with Gasteiger partial charge in [-0.1, -0.05) is 23.7 Å². The summed E-state index contributed by atoms with van der Waals surface area (Å²) in [5, 5.41) is 4.98. The zero-order valence-corrected chi connectivity index (χ0v) is 14.6. The molecule has 0 bridgehead atoms. The highest BCUT2D eigenvalue weighted by molar-refractivity contribution is 6.30. The van der Waals surface area contributed by atoms with Crippen LogP contribution in [0.5, 0.6) is 0 Å². The molecule has 1 saturated carbocycles. The Labute approximate surface area is 147 Å². The molecule has 1 aliphatic carbocycles. The Bertz CT molecular complexity index is 757. The van der Waals surface area contributed by atoms with Gasteiger partial charge < -0.3 is 4.90 Å². The number of rotatable bonds is 4. The van der Waals surface area contributed by atoms with Gasteiger partial charge in [0.2, 0.25) is 5.91 Å². The van der Waals surface area contributed by atoms with Crippen LogP contribution in [0.15, 0.2) is 36.7 Å². The fourth-order valence-electron chi connectivity index (χ4n) is 3.92. The molecule has 1 aromatic heterocycles. The number of hydrogen-bond donors (Lipinski definition) is 0. The van der Waals surface area contributed by atoms with Crippen molar-refractivity contribution in [1.82, 2.24) is 14.7 Å². The monoisotopic (exact) mass is 343 g/mol. The molecule has 1 aliphatic heterocycles. The summed E-state index contributed by atoms with van der Waals surface area (Å²) in [7, 11) is 1.94.